The van der Waals surface area contributed by atoms with Crippen LogP contribution in [0.4, 0.5) is 5.13 Å². The minimum absolute atomic E-state index is 0.0790. The van der Waals surface area contributed by atoms with E-state index in [0.717, 1.165) is 15.8 Å². The van der Waals surface area contributed by atoms with E-state index in [4.69, 9.17) is 0 Å². The second-order valence-electron chi connectivity index (χ2n) is 3.74. The van der Waals surface area contributed by atoms with E-state index in [1.54, 1.807) is 23.5 Å². The number of carbonyl (C=O) groups is 2. The Hall–Kier alpha value is -0.800. The van der Waals surface area contributed by atoms with Gasteiger partial charge < -0.3 is 5.32 Å². The topological polar surface area (TPSA) is 84.0 Å². The van der Waals surface area contributed by atoms with Gasteiger partial charge in [0.25, 0.3) is 0 Å². The summed E-state index contributed by atoms with van der Waals surface area (Å²) >= 11 is 4.53. The number of nitrogens with one attached hydrogen (secondary N) is 2. The van der Waals surface area contributed by atoms with E-state index in [1.165, 1.54) is 11.3 Å². The predicted octanol–water partition coefficient (Wildman–Crippen LogP) is 1.21. The Bertz CT molecular complexity index is 465. The van der Waals surface area contributed by atoms with Crippen molar-refractivity contribution < 1.29 is 9.59 Å². The molecule has 0 saturated carbocycles. The summed E-state index contributed by atoms with van der Waals surface area (Å²) in [6, 6.07) is -0.494. The van der Waals surface area contributed by atoms with Gasteiger partial charge in [0.15, 0.2) is 4.34 Å². The van der Waals surface area contributed by atoms with E-state index in [0.29, 0.717) is 17.3 Å². The molecular weight excluding hydrogens is 304 g/mol. The molecule has 1 aromatic heterocycles. The van der Waals surface area contributed by atoms with Crippen LogP contribution in [0.2, 0.25) is 0 Å². The lowest BCUT2D eigenvalue weighted by atomic mass is 10.3. The highest BCUT2D eigenvalue weighted by molar-refractivity contribution is 8.01. The van der Waals surface area contributed by atoms with E-state index >= 15 is 0 Å². The zero-order valence-corrected chi connectivity index (χ0v) is 12.8. The molecular formula is C10H14N4O2S3. The van der Waals surface area contributed by atoms with Crippen LogP contribution in [-0.4, -0.2) is 45.3 Å². The van der Waals surface area contributed by atoms with Gasteiger partial charge in [-0.15, -0.1) is 10.2 Å². The number of anilines is 1. The van der Waals surface area contributed by atoms with Crippen LogP contribution in [0.25, 0.3) is 0 Å². The number of aromatic nitrogens is 2. The maximum Gasteiger partial charge on any atom is 0.249 e. The molecule has 0 bridgehead atoms. The van der Waals surface area contributed by atoms with Gasteiger partial charge in [0.1, 0.15) is 6.04 Å². The third-order valence-electron chi connectivity index (χ3n) is 2.31. The molecule has 19 heavy (non-hydrogen) atoms. The van der Waals surface area contributed by atoms with Gasteiger partial charge in [0, 0.05) is 17.9 Å². The number of thioether (sulfide) groups is 2. The van der Waals surface area contributed by atoms with Crippen molar-refractivity contribution in [2.75, 3.05) is 22.6 Å². The molecule has 0 aromatic carbocycles. The molecule has 1 aliphatic heterocycles. The molecule has 1 fully saturated rings. The summed E-state index contributed by atoms with van der Waals surface area (Å²) in [5.74, 6) is 1.95. The summed E-state index contributed by atoms with van der Waals surface area (Å²) < 4.78 is 0.831. The van der Waals surface area contributed by atoms with Crippen LogP contribution >= 0.6 is 34.9 Å². The van der Waals surface area contributed by atoms with Crippen LogP contribution < -0.4 is 10.6 Å². The maximum atomic E-state index is 12.0. The smallest absolute Gasteiger partial charge is 0.249 e. The van der Waals surface area contributed by atoms with Crippen LogP contribution in [0, 0.1) is 0 Å². The van der Waals surface area contributed by atoms with Crippen LogP contribution in [0.3, 0.4) is 0 Å². The van der Waals surface area contributed by atoms with Gasteiger partial charge in [0.2, 0.25) is 16.9 Å². The van der Waals surface area contributed by atoms with E-state index in [1.807, 2.05) is 6.92 Å². The highest BCUT2D eigenvalue weighted by Crippen LogP contribution is 2.25. The lowest BCUT2D eigenvalue weighted by Gasteiger charge is -2.13. The third-order valence-corrected chi connectivity index (χ3v) is 5.23. The zero-order valence-electron chi connectivity index (χ0n) is 10.3. The Balaban J connectivity index is 1.93. The van der Waals surface area contributed by atoms with Gasteiger partial charge in [-0.05, 0) is 5.75 Å². The lowest BCUT2D eigenvalue weighted by molar-refractivity contribution is -0.125. The first-order chi connectivity index (χ1) is 9.19. The van der Waals surface area contributed by atoms with E-state index in [2.05, 4.69) is 20.8 Å². The molecule has 2 heterocycles. The van der Waals surface area contributed by atoms with Crippen LogP contribution in [0.1, 0.15) is 13.3 Å². The molecule has 0 spiro atoms. The van der Waals surface area contributed by atoms with E-state index in [9.17, 15) is 9.59 Å². The minimum atomic E-state index is -0.494. The first kappa shape index (κ1) is 14.6. The highest BCUT2D eigenvalue weighted by Gasteiger charge is 2.24. The average Bonchev–Trinajstić information content (AvgIpc) is 2.69. The van der Waals surface area contributed by atoms with Crippen molar-refractivity contribution in [2.45, 2.75) is 23.7 Å². The number of hydrogen-bond acceptors (Lipinski definition) is 7. The van der Waals surface area contributed by atoms with Crippen molar-refractivity contribution in [1.29, 1.82) is 0 Å². The molecule has 1 atom stereocenters. The highest BCUT2D eigenvalue weighted by atomic mass is 32.2. The van der Waals surface area contributed by atoms with Gasteiger partial charge in [-0.1, -0.05) is 30.0 Å². The van der Waals surface area contributed by atoms with Crippen molar-refractivity contribution in [3.05, 3.63) is 0 Å². The number of amides is 2. The minimum Gasteiger partial charge on any atom is -0.343 e. The molecule has 1 aliphatic rings. The Morgan fingerprint density at radius 1 is 1.58 bits per heavy atom. The van der Waals surface area contributed by atoms with Gasteiger partial charge in [-0.2, -0.15) is 11.8 Å². The largest absolute Gasteiger partial charge is 0.343 e. The average molecular weight is 318 g/mol. The fourth-order valence-corrected chi connectivity index (χ4v) is 4.07. The Labute approximate surface area is 123 Å². The first-order valence-corrected chi connectivity index (χ1v) is 8.79. The molecule has 0 radical (unpaired) electrons. The predicted molar refractivity (Wildman–Crippen MR) is 78.8 cm³/mol. The molecule has 0 aliphatic carbocycles. The summed E-state index contributed by atoms with van der Waals surface area (Å²) in [5.41, 5.74) is 0. The SMILES string of the molecule is CCSc1nnc(NC(=O)C2CSCCC(=O)N2)s1. The van der Waals surface area contributed by atoms with Gasteiger partial charge in [-0.25, -0.2) is 0 Å². The second kappa shape index (κ2) is 7.11. The third kappa shape index (κ3) is 4.36. The molecule has 104 valence electrons. The molecule has 6 nitrogen and oxygen atoms in total. The summed E-state index contributed by atoms with van der Waals surface area (Å²) in [6.07, 6.45) is 0.463. The zero-order chi connectivity index (χ0) is 13.7. The number of hydrogen-bond donors (Lipinski definition) is 2. The molecule has 2 N–H and O–H groups in total. The van der Waals surface area contributed by atoms with Crippen molar-refractivity contribution in [3.8, 4) is 0 Å². The molecule has 1 aromatic rings. The van der Waals surface area contributed by atoms with Crippen LogP contribution in [0.5, 0.6) is 0 Å². The summed E-state index contributed by atoms with van der Waals surface area (Å²) in [7, 11) is 0. The van der Waals surface area contributed by atoms with Gasteiger partial charge in [-0.3, -0.25) is 14.9 Å². The summed E-state index contributed by atoms with van der Waals surface area (Å²) in [6.45, 7) is 2.03. The first-order valence-electron chi connectivity index (χ1n) is 5.83. The van der Waals surface area contributed by atoms with E-state index in [-0.39, 0.29) is 11.8 Å². The van der Waals surface area contributed by atoms with Crippen LogP contribution in [0.15, 0.2) is 4.34 Å². The quantitative estimate of drug-likeness (QED) is 0.641. The molecule has 1 saturated heterocycles. The van der Waals surface area contributed by atoms with Gasteiger partial charge in [0.05, 0.1) is 0 Å². The van der Waals surface area contributed by atoms with Crippen molar-refractivity contribution in [1.82, 2.24) is 15.5 Å². The lowest BCUT2D eigenvalue weighted by Crippen LogP contribution is -2.44. The van der Waals surface area contributed by atoms with Gasteiger partial charge >= 0.3 is 0 Å². The molecule has 1 unspecified atom stereocenters. The molecule has 2 rings (SSSR count). The monoisotopic (exact) mass is 318 g/mol. The number of nitrogens with zero attached hydrogens (tertiary/aromatic N) is 2. The number of carbonyl (C=O) groups excluding carboxylic acids is 2. The molecule has 2 amide bonds. The maximum absolute atomic E-state index is 12.0. The fraction of sp³-hybridized carbons (Fsp3) is 0.600. The number of rotatable bonds is 4. The second-order valence-corrected chi connectivity index (χ2v) is 7.38. The van der Waals surface area contributed by atoms with E-state index < -0.39 is 6.04 Å². The Morgan fingerprint density at radius 3 is 3.21 bits per heavy atom. The summed E-state index contributed by atoms with van der Waals surface area (Å²) in [4.78, 5) is 23.4. The Kier molecular flexibility index (Phi) is 5.46. The van der Waals surface area contributed by atoms with Crippen molar-refractivity contribution >= 4 is 51.8 Å². The summed E-state index contributed by atoms with van der Waals surface area (Å²) in [5, 5.41) is 13.8. The standard InChI is InChI=1S/C10H14N4O2S3/c1-2-18-10-14-13-9(19-10)12-8(16)6-5-17-4-3-7(15)11-6/h6H,2-5H2,1H3,(H,11,15)(H,12,13,16). The van der Waals surface area contributed by atoms with Crippen molar-refractivity contribution in [3.63, 3.8) is 0 Å². The normalized spacial score (nSPS) is 19.6. The fourth-order valence-electron chi connectivity index (χ4n) is 1.45. The van der Waals surface area contributed by atoms with Crippen LogP contribution in [-0.2, 0) is 9.59 Å². The molecule has 9 heteroatoms. The van der Waals surface area contributed by atoms with Crippen molar-refractivity contribution in [2.24, 2.45) is 0 Å². The Morgan fingerprint density at radius 2 is 2.42 bits per heavy atom.